The molecule has 0 unspecified atom stereocenters. The Hall–Kier alpha value is -2.48. The van der Waals surface area contributed by atoms with Crippen LogP contribution in [0.5, 0.6) is 0 Å². The van der Waals surface area contributed by atoms with Gasteiger partial charge in [-0.1, -0.05) is 6.07 Å². The summed E-state index contributed by atoms with van der Waals surface area (Å²) in [6.07, 6.45) is 2.92. The number of aryl methyl sites for hydroxylation is 1. The Labute approximate surface area is 141 Å². The largest absolute Gasteiger partial charge is 0.398 e. The number of hydrogen-bond donors (Lipinski definition) is 2. The first-order valence-corrected chi connectivity index (χ1v) is 9.09. The van der Waals surface area contributed by atoms with E-state index < -0.39 is 10.0 Å². The fourth-order valence-electron chi connectivity index (χ4n) is 3.02. The van der Waals surface area contributed by atoms with Gasteiger partial charge in [0, 0.05) is 32.5 Å². The SMILES string of the molecule is CNC(=O)c1cc(S(=O)(=O)N2CCCc3c(N)cccc32)cn1C. The summed E-state index contributed by atoms with van der Waals surface area (Å²) >= 11 is 0. The molecule has 0 spiro atoms. The minimum atomic E-state index is -3.76. The Kier molecular flexibility index (Phi) is 4.00. The van der Waals surface area contributed by atoms with E-state index in [0.29, 0.717) is 30.0 Å². The van der Waals surface area contributed by atoms with Crippen LogP contribution < -0.4 is 15.4 Å². The average molecular weight is 348 g/mol. The van der Waals surface area contributed by atoms with E-state index in [2.05, 4.69) is 5.32 Å². The van der Waals surface area contributed by atoms with E-state index >= 15 is 0 Å². The highest BCUT2D eigenvalue weighted by Crippen LogP contribution is 2.35. The maximum Gasteiger partial charge on any atom is 0.267 e. The van der Waals surface area contributed by atoms with E-state index in [4.69, 9.17) is 5.73 Å². The van der Waals surface area contributed by atoms with Crippen molar-refractivity contribution in [2.45, 2.75) is 17.7 Å². The summed E-state index contributed by atoms with van der Waals surface area (Å²) in [5.74, 6) is -0.331. The van der Waals surface area contributed by atoms with Crippen LogP contribution in [0, 0.1) is 0 Å². The quantitative estimate of drug-likeness (QED) is 0.812. The number of fused-ring (bicyclic) bond motifs is 1. The van der Waals surface area contributed by atoms with Crippen LogP contribution in [-0.4, -0.2) is 32.5 Å². The van der Waals surface area contributed by atoms with Crippen LogP contribution in [0.4, 0.5) is 11.4 Å². The predicted molar refractivity (Wildman–Crippen MR) is 92.5 cm³/mol. The van der Waals surface area contributed by atoms with Gasteiger partial charge in [0.25, 0.3) is 15.9 Å². The molecular formula is C16H20N4O3S. The summed E-state index contributed by atoms with van der Waals surface area (Å²) in [5.41, 5.74) is 8.36. The van der Waals surface area contributed by atoms with E-state index in [1.165, 1.54) is 28.2 Å². The van der Waals surface area contributed by atoms with Gasteiger partial charge in [-0.25, -0.2) is 8.42 Å². The summed E-state index contributed by atoms with van der Waals surface area (Å²) in [5, 5.41) is 2.50. The van der Waals surface area contributed by atoms with Crippen LogP contribution in [0.25, 0.3) is 0 Å². The number of rotatable bonds is 3. The number of sulfonamides is 1. The van der Waals surface area contributed by atoms with Crippen molar-refractivity contribution in [3.63, 3.8) is 0 Å². The van der Waals surface area contributed by atoms with E-state index in [0.717, 1.165) is 12.0 Å². The van der Waals surface area contributed by atoms with Gasteiger partial charge in [0.2, 0.25) is 0 Å². The van der Waals surface area contributed by atoms with Gasteiger partial charge in [-0.3, -0.25) is 9.10 Å². The predicted octanol–water partition coefficient (Wildman–Crippen LogP) is 1.11. The van der Waals surface area contributed by atoms with Gasteiger partial charge < -0.3 is 15.6 Å². The molecule has 0 aliphatic carbocycles. The van der Waals surface area contributed by atoms with Gasteiger partial charge in [0.1, 0.15) is 10.6 Å². The number of carbonyl (C=O) groups is 1. The molecular weight excluding hydrogens is 328 g/mol. The monoisotopic (exact) mass is 348 g/mol. The van der Waals surface area contributed by atoms with E-state index in [1.807, 2.05) is 0 Å². The third-order valence-electron chi connectivity index (χ3n) is 4.27. The van der Waals surface area contributed by atoms with Crippen LogP contribution in [0.2, 0.25) is 0 Å². The zero-order chi connectivity index (χ0) is 17.5. The third kappa shape index (κ3) is 2.52. The standard InChI is InChI=1S/C16H20N4O3S/c1-18-16(21)15-9-11(10-19(15)2)24(22,23)20-8-4-5-12-13(17)6-3-7-14(12)20/h3,6-7,9-10H,4-5,8,17H2,1-2H3,(H,18,21). The first-order valence-electron chi connectivity index (χ1n) is 7.65. The molecule has 24 heavy (non-hydrogen) atoms. The van der Waals surface area contributed by atoms with Crippen molar-refractivity contribution < 1.29 is 13.2 Å². The number of nitrogens with zero attached hydrogens (tertiary/aromatic N) is 2. The molecule has 0 saturated carbocycles. The molecule has 1 aliphatic rings. The lowest BCUT2D eigenvalue weighted by atomic mass is 10.0. The minimum absolute atomic E-state index is 0.0962. The molecule has 0 fully saturated rings. The zero-order valence-corrected chi connectivity index (χ0v) is 14.4. The second kappa shape index (κ2) is 5.86. The van der Waals surface area contributed by atoms with Crippen LogP contribution >= 0.6 is 0 Å². The maximum absolute atomic E-state index is 13.1. The van der Waals surface area contributed by atoms with Gasteiger partial charge in [-0.2, -0.15) is 0 Å². The van der Waals surface area contributed by atoms with Gasteiger partial charge >= 0.3 is 0 Å². The maximum atomic E-state index is 13.1. The molecule has 128 valence electrons. The molecule has 1 aliphatic heterocycles. The van der Waals surface area contributed by atoms with Gasteiger partial charge in [-0.05, 0) is 36.6 Å². The molecule has 2 aromatic rings. The van der Waals surface area contributed by atoms with Crippen molar-refractivity contribution in [2.24, 2.45) is 7.05 Å². The number of nitrogens with one attached hydrogen (secondary N) is 1. The van der Waals surface area contributed by atoms with Crippen LogP contribution in [0.1, 0.15) is 22.5 Å². The number of aromatic nitrogens is 1. The average Bonchev–Trinajstić information content (AvgIpc) is 2.96. The van der Waals surface area contributed by atoms with Crippen molar-refractivity contribution >= 4 is 27.3 Å². The second-order valence-electron chi connectivity index (χ2n) is 5.78. The Morgan fingerprint density at radius 3 is 2.79 bits per heavy atom. The Bertz CT molecular complexity index is 902. The van der Waals surface area contributed by atoms with E-state index in [-0.39, 0.29) is 10.8 Å². The van der Waals surface area contributed by atoms with Gasteiger partial charge in [0.15, 0.2) is 0 Å². The number of amides is 1. The molecule has 0 saturated heterocycles. The molecule has 8 heteroatoms. The molecule has 0 atom stereocenters. The molecule has 0 bridgehead atoms. The minimum Gasteiger partial charge on any atom is -0.398 e. The fourth-order valence-corrected chi connectivity index (χ4v) is 4.63. The first kappa shape index (κ1) is 16.4. The third-order valence-corrected chi connectivity index (χ3v) is 6.05. The number of hydrogen-bond acceptors (Lipinski definition) is 4. The second-order valence-corrected chi connectivity index (χ2v) is 7.64. The molecule has 2 heterocycles. The van der Waals surface area contributed by atoms with Gasteiger partial charge in [0.05, 0.1) is 5.69 Å². The van der Waals surface area contributed by atoms with Crippen LogP contribution in [0.15, 0.2) is 35.4 Å². The number of carbonyl (C=O) groups excluding carboxylic acids is 1. The smallest absolute Gasteiger partial charge is 0.267 e. The lowest BCUT2D eigenvalue weighted by molar-refractivity contribution is 0.0955. The Morgan fingerprint density at radius 1 is 1.33 bits per heavy atom. The molecule has 1 aromatic heterocycles. The lowest BCUT2D eigenvalue weighted by Crippen LogP contribution is -2.35. The Balaban J connectivity index is 2.08. The molecule has 1 aromatic carbocycles. The van der Waals surface area contributed by atoms with E-state index in [1.54, 1.807) is 25.2 Å². The van der Waals surface area contributed by atoms with Gasteiger partial charge in [-0.15, -0.1) is 0 Å². The molecule has 3 N–H and O–H groups in total. The van der Waals surface area contributed by atoms with Crippen LogP contribution in [0.3, 0.4) is 0 Å². The summed E-state index contributed by atoms with van der Waals surface area (Å²) in [7, 11) is -0.607. The summed E-state index contributed by atoms with van der Waals surface area (Å²) < 4.78 is 29.0. The highest BCUT2D eigenvalue weighted by Gasteiger charge is 2.31. The lowest BCUT2D eigenvalue weighted by Gasteiger charge is -2.30. The van der Waals surface area contributed by atoms with Crippen molar-refractivity contribution in [1.29, 1.82) is 0 Å². The first-order chi connectivity index (χ1) is 11.4. The number of nitrogen functional groups attached to an aromatic ring is 1. The molecule has 3 rings (SSSR count). The molecule has 7 nitrogen and oxygen atoms in total. The summed E-state index contributed by atoms with van der Waals surface area (Å²) in [6.45, 7) is 0.392. The number of benzene rings is 1. The fraction of sp³-hybridized carbons (Fsp3) is 0.312. The highest BCUT2D eigenvalue weighted by molar-refractivity contribution is 7.92. The van der Waals surface area contributed by atoms with Crippen LogP contribution in [-0.2, 0) is 23.5 Å². The summed E-state index contributed by atoms with van der Waals surface area (Å²) in [6, 6.07) is 6.70. The molecule has 0 radical (unpaired) electrons. The highest BCUT2D eigenvalue weighted by atomic mass is 32.2. The van der Waals surface area contributed by atoms with Crippen molar-refractivity contribution in [1.82, 2.24) is 9.88 Å². The van der Waals surface area contributed by atoms with Crippen molar-refractivity contribution in [2.75, 3.05) is 23.6 Å². The summed E-state index contributed by atoms with van der Waals surface area (Å²) in [4.78, 5) is 11.9. The topological polar surface area (TPSA) is 97.4 Å². The van der Waals surface area contributed by atoms with Crippen molar-refractivity contribution in [3.8, 4) is 0 Å². The molecule has 1 amide bonds. The zero-order valence-electron chi connectivity index (χ0n) is 13.6. The van der Waals surface area contributed by atoms with Crippen molar-refractivity contribution in [3.05, 3.63) is 41.7 Å². The normalized spacial score (nSPS) is 14.3. The number of nitrogens with two attached hydrogens (primary N) is 1. The van der Waals surface area contributed by atoms with E-state index in [9.17, 15) is 13.2 Å². The Morgan fingerprint density at radius 2 is 2.08 bits per heavy atom. The number of anilines is 2.